The smallest absolute Gasteiger partial charge is 0.250 e. The van der Waals surface area contributed by atoms with Crippen molar-refractivity contribution in [1.29, 1.82) is 0 Å². The van der Waals surface area contributed by atoms with Gasteiger partial charge >= 0.3 is 0 Å². The van der Waals surface area contributed by atoms with Crippen molar-refractivity contribution in [1.82, 2.24) is 0 Å². The quantitative estimate of drug-likeness (QED) is 0.196. The molecule has 4 aliphatic carbocycles. The van der Waals surface area contributed by atoms with Gasteiger partial charge in [-0.2, -0.15) is 0 Å². The molecule has 0 amide bonds. The number of rotatable bonds is 8. The molecule has 4 fully saturated rings. The van der Waals surface area contributed by atoms with Crippen LogP contribution in [0.25, 0.3) is 0 Å². The van der Waals surface area contributed by atoms with E-state index in [-0.39, 0.29) is 16.0 Å². The summed E-state index contributed by atoms with van der Waals surface area (Å²) in [6, 6.07) is 18.4. The molecule has 0 heterocycles. The van der Waals surface area contributed by atoms with E-state index < -0.39 is 8.32 Å². The largest absolute Gasteiger partial charge is 0.543 e. The number of halogens is 1. The Kier molecular flexibility index (Phi) is 6.97. The van der Waals surface area contributed by atoms with Crippen LogP contribution in [-0.4, -0.2) is 19.8 Å². The number of benzene rings is 2. The fourth-order valence-corrected chi connectivity index (χ4v) is 7.82. The lowest BCUT2D eigenvalue weighted by Crippen LogP contribution is -2.48. The van der Waals surface area contributed by atoms with E-state index in [0.717, 1.165) is 35.8 Å². The Morgan fingerprint density at radius 2 is 1.64 bits per heavy atom. The molecule has 3 unspecified atom stereocenters. The van der Waals surface area contributed by atoms with Crippen LogP contribution >= 0.6 is 11.6 Å². The van der Waals surface area contributed by atoms with Crippen molar-refractivity contribution in [2.75, 3.05) is 6.61 Å². The molecule has 5 heteroatoms. The van der Waals surface area contributed by atoms with Gasteiger partial charge in [0, 0.05) is 4.87 Å². The lowest BCUT2D eigenvalue weighted by Gasteiger charge is -2.55. The first-order chi connectivity index (χ1) is 17.0. The molecule has 6 rings (SSSR count). The molecule has 0 N–H and O–H groups in total. The van der Waals surface area contributed by atoms with Crippen LogP contribution in [0.3, 0.4) is 0 Å². The molecular formula is C31H41ClO3Si. The molecule has 3 atom stereocenters. The van der Waals surface area contributed by atoms with Crippen molar-refractivity contribution in [3.8, 4) is 11.5 Å². The highest BCUT2D eigenvalue weighted by atomic mass is 35.5. The monoisotopic (exact) mass is 524 g/mol. The topological polar surface area (TPSA) is 27.7 Å². The van der Waals surface area contributed by atoms with Gasteiger partial charge in [-0.1, -0.05) is 51.1 Å². The van der Waals surface area contributed by atoms with Gasteiger partial charge in [-0.25, -0.2) is 0 Å². The van der Waals surface area contributed by atoms with Crippen molar-refractivity contribution in [2.45, 2.75) is 82.0 Å². The fraction of sp³-hybridized carbons (Fsp3) is 0.548. The number of para-hydroxylation sites is 1. The summed E-state index contributed by atoms with van der Waals surface area (Å²) >= 11 is 6.98. The molecule has 2 aromatic carbocycles. The minimum Gasteiger partial charge on any atom is -0.543 e. The first kappa shape index (κ1) is 25.7. The van der Waals surface area contributed by atoms with Gasteiger partial charge in [-0.05, 0) is 103 Å². The predicted molar refractivity (Wildman–Crippen MR) is 150 cm³/mol. The van der Waals surface area contributed by atoms with Gasteiger partial charge < -0.3 is 13.9 Å². The standard InChI is InChI=1S/C31H41ClO3Si/c1-30(2,3)36(4,5)35-27-13-9-10-23(16-27)29(21-33-26-11-7-6-8-12-26)34-20-28-24-14-22-15-25(28)19-31(32,17-22)18-24/h6-13,16,20,22,24-25,29H,14-15,17-19,21H2,1-5H3. The Labute approximate surface area is 223 Å². The van der Waals surface area contributed by atoms with Crippen LogP contribution in [0.2, 0.25) is 18.1 Å². The molecule has 0 aliphatic heterocycles. The van der Waals surface area contributed by atoms with Crippen LogP contribution in [0.4, 0.5) is 0 Å². The van der Waals surface area contributed by atoms with Gasteiger partial charge in [-0.3, -0.25) is 0 Å². The molecule has 2 aromatic rings. The Balaban J connectivity index is 1.37. The Morgan fingerprint density at radius 1 is 0.972 bits per heavy atom. The van der Waals surface area contributed by atoms with Crippen molar-refractivity contribution in [2.24, 2.45) is 17.8 Å². The second kappa shape index (κ2) is 9.76. The second-order valence-electron chi connectivity index (χ2n) is 12.8. The zero-order valence-electron chi connectivity index (χ0n) is 22.4. The van der Waals surface area contributed by atoms with Crippen LogP contribution in [0.5, 0.6) is 11.5 Å². The minimum absolute atomic E-state index is 0.0269. The van der Waals surface area contributed by atoms with Gasteiger partial charge in [0.05, 0.1) is 6.26 Å². The number of alkyl halides is 1. The highest BCUT2D eigenvalue weighted by Crippen LogP contribution is 2.60. The molecule has 36 heavy (non-hydrogen) atoms. The van der Waals surface area contributed by atoms with E-state index in [1.165, 1.54) is 24.8 Å². The fourth-order valence-electron chi connectivity index (χ4n) is 6.21. The van der Waals surface area contributed by atoms with E-state index in [1.54, 1.807) is 0 Å². The summed E-state index contributed by atoms with van der Waals surface area (Å²) < 4.78 is 19.4. The first-order valence-corrected chi connectivity index (χ1v) is 16.8. The maximum Gasteiger partial charge on any atom is 0.250 e. The first-order valence-electron chi connectivity index (χ1n) is 13.5. The Bertz CT molecular complexity index is 1070. The summed E-state index contributed by atoms with van der Waals surface area (Å²) in [5.41, 5.74) is 2.55. The summed E-state index contributed by atoms with van der Waals surface area (Å²) in [6.45, 7) is 11.8. The lowest BCUT2D eigenvalue weighted by molar-refractivity contribution is 0.0593. The van der Waals surface area contributed by atoms with Crippen molar-refractivity contribution in [3.05, 3.63) is 72.0 Å². The number of hydrogen-bond donors (Lipinski definition) is 0. The normalized spacial score (nSPS) is 28.1. The molecule has 3 nitrogen and oxygen atoms in total. The van der Waals surface area contributed by atoms with Gasteiger partial charge in [0.15, 0.2) is 6.10 Å². The van der Waals surface area contributed by atoms with Gasteiger partial charge in [0.2, 0.25) is 8.32 Å². The zero-order valence-corrected chi connectivity index (χ0v) is 24.2. The molecule has 0 radical (unpaired) electrons. The highest BCUT2D eigenvalue weighted by molar-refractivity contribution is 6.74. The van der Waals surface area contributed by atoms with Crippen LogP contribution in [-0.2, 0) is 4.74 Å². The molecule has 4 aliphatic rings. The van der Waals surface area contributed by atoms with E-state index in [2.05, 4.69) is 64.4 Å². The average molecular weight is 525 g/mol. The maximum atomic E-state index is 6.98. The predicted octanol–water partition coefficient (Wildman–Crippen LogP) is 8.91. The van der Waals surface area contributed by atoms with Crippen LogP contribution < -0.4 is 9.16 Å². The third-order valence-electron chi connectivity index (χ3n) is 8.98. The van der Waals surface area contributed by atoms with Crippen LogP contribution in [0, 0.1) is 17.8 Å². The summed E-state index contributed by atoms with van der Waals surface area (Å²) in [4.78, 5) is 0.0269. The van der Waals surface area contributed by atoms with Crippen molar-refractivity contribution >= 4 is 19.9 Å². The van der Waals surface area contributed by atoms with Gasteiger partial charge in [0.25, 0.3) is 0 Å². The summed E-state index contributed by atoms with van der Waals surface area (Å²) in [5.74, 6) is 3.69. The molecule has 0 spiro atoms. The Morgan fingerprint density at radius 3 is 2.28 bits per heavy atom. The van der Waals surface area contributed by atoms with E-state index in [9.17, 15) is 0 Å². The van der Waals surface area contributed by atoms with Crippen LogP contribution in [0.1, 0.15) is 64.5 Å². The average Bonchev–Trinajstić information content (AvgIpc) is 2.79. The molecule has 0 aromatic heterocycles. The third kappa shape index (κ3) is 5.50. The Hall–Kier alpha value is -1.91. The van der Waals surface area contributed by atoms with Gasteiger partial charge in [-0.15, -0.1) is 11.6 Å². The SMILES string of the molecule is CC(C)(C)[Si](C)(C)Oc1cccc(C(COc2ccccc2)OC=C2C3CC4CC2CC(Cl)(C4)C3)c1. The zero-order chi connectivity index (χ0) is 25.6. The molecule has 194 valence electrons. The second-order valence-corrected chi connectivity index (χ2v) is 18.3. The van der Waals surface area contributed by atoms with Crippen molar-refractivity contribution < 1.29 is 13.9 Å². The lowest BCUT2D eigenvalue weighted by atomic mass is 9.54. The van der Waals surface area contributed by atoms with Crippen LogP contribution in [0.15, 0.2) is 66.4 Å². The molecule has 0 saturated heterocycles. The molecule has 4 bridgehead atoms. The van der Waals surface area contributed by atoms with E-state index in [0.29, 0.717) is 18.4 Å². The minimum atomic E-state index is -1.94. The maximum absolute atomic E-state index is 6.98. The number of hydrogen-bond acceptors (Lipinski definition) is 3. The summed E-state index contributed by atoms with van der Waals surface area (Å²) in [6.07, 6.45) is 7.78. The van der Waals surface area contributed by atoms with E-state index in [1.807, 2.05) is 30.3 Å². The van der Waals surface area contributed by atoms with E-state index in [4.69, 9.17) is 25.5 Å². The summed E-state index contributed by atoms with van der Waals surface area (Å²) in [5, 5.41) is 0.138. The third-order valence-corrected chi connectivity index (χ3v) is 13.8. The summed E-state index contributed by atoms with van der Waals surface area (Å²) in [7, 11) is -1.94. The van der Waals surface area contributed by atoms with E-state index >= 15 is 0 Å². The number of ether oxygens (including phenoxy) is 2. The molecule has 4 saturated carbocycles. The van der Waals surface area contributed by atoms with Crippen molar-refractivity contribution in [3.63, 3.8) is 0 Å². The highest BCUT2D eigenvalue weighted by Gasteiger charge is 2.52. The number of allylic oxidation sites excluding steroid dienone is 1. The molecular weight excluding hydrogens is 484 g/mol. The van der Waals surface area contributed by atoms with Gasteiger partial charge in [0.1, 0.15) is 18.1 Å².